The van der Waals surface area contributed by atoms with Crippen LogP contribution in [0.1, 0.15) is 5.69 Å². The van der Waals surface area contributed by atoms with Gasteiger partial charge in [-0.3, -0.25) is 4.98 Å². The van der Waals surface area contributed by atoms with E-state index >= 15 is 0 Å². The van der Waals surface area contributed by atoms with Crippen molar-refractivity contribution in [3.8, 4) is 16.9 Å². The zero-order valence-electron chi connectivity index (χ0n) is 17.2. The second-order valence-corrected chi connectivity index (χ2v) is 7.36. The number of pyridine rings is 2. The van der Waals surface area contributed by atoms with E-state index in [1.165, 1.54) is 6.33 Å². The first kappa shape index (κ1) is 19.4. The van der Waals surface area contributed by atoms with Crippen LogP contribution in [0.5, 0.6) is 5.75 Å². The third kappa shape index (κ3) is 4.47. The van der Waals surface area contributed by atoms with E-state index in [0.29, 0.717) is 24.8 Å². The molecular formula is C22H23N7O2. The molecule has 9 heteroatoms. The minimum atomic E-state index is 0.0376. The van der Waals surface area contributed by atoms with Crippen molar-refractivity contribution in [2.24, 2.45) is 0 Å². The van der Waals surface area contributed by atoms with Gasteiger partial charge in [0.2, 0.25) is 0 Å². The Morgan fingerprint density at radius 1 is 1.23 bits per heavy atom. The summed E-state index contributed by atoms with van der Waals surface area (Å²) in [5.41, 5.74) is 3.90. The van der Waals surface area contributed by atoms with Gasteiger partial charge >= 0.3 is 0 Å². The molecule has 2 N–H and O–H groups in total. The second-order valence-electron chi connectivity index (χ2n) is 7.36. The molecule has 0 amide bonds. The van der Waals surface area contributed by atoms with E-state index in [-0.39, 0.29) is 6.10 Å². The lowest BCUT2D eigenvalue weighted by Crippen LogP contribution is -2.41. The Kier molecular flexibility index (Phi) is 5.42. The highest BCUT2D eigenvalue weighted by atomic mass is 16.5. The zero-order valence-corrected chi connectivity index (χ0v) is 17.2. The van der Waals surface area contributed by atoms with Crippen LogP contribution in [0.4, 0.5) is 11.6 Å². The molecule has 1 atom stereocenters. The zero-order chi connectivity index (χ0) is 21.0. The minimum absolute atomic E-state index is 0.0376. The predicted octanol–water partition coefficient (Wildman–Crippen LogP) is 2.61. The summed E-state index contributed by atoms with van der Waals surface area (Å²) in [6.07, 6.45) is 6.94. The van der Waals surface area contributed by atoms with E-state index in [4.69, 9.17) is 9.47 Å². The molecule has 0 unspecified atom stereocenters. The number of anilines is 2. The molecule has 0 aromatic carbocycles. The van der Waals surface area contributed by atoms with Gasteiger partial charge < -0.3 is 20.1 Å². The highest BCUT2D eigenvalue weighted by Crippen LogP contribution is 2.31. The predicted molar refractivity (Wildman–Crippen MR) is 117 cm³/mol. The molecule has 4 aromatic heterocycles. The van der Waals surface area contributed by atoms with Crippen molar-refractivity contribution >= 4 is 17.2 Å². The Morgan fingerprint density at radius 2 is 2.19 bits per heavy atom. The van der Waals surface area contributed by atoms with Crippen molar-refractivity contribution < 1.29 is 9.47 Å². The van der Waals surface area contributed by atoms with Gasteiger partial charge in [0, 0.05) is 42.8 Å². The summed E-state index contributed by atoms with van der Waals surface area (Å²) in [6.45, 7) is 4.83. The van der Waals surface area contributed by atoms with Gasteiger partial charge in [-0.05, 0) is 36.8 Å². The Morgan fingerprint density at radius 3 is 3.03 bits per heavy atom. The fourth-order valence-corrected chi connectivity index (χ4v) is 3.52. The van der Waals surface area contributed by atoms with Crippen LogP contribution in [0, 0.1) is 6.92 Å². The molecule has 0 aliphatic carbocycles. The van der Waals surface area contributed by atoms with Crippen molar-refractivity contribution in [2.75, 3.05) is 31.6 Å². The van der Waals surface area contributed by atoms with Crippen LogP contribution >= 0.6 is 0 Å². The summed E-state index contributed by atoms with van der Waals surface area (Å²) in [6, 6.07) is 9.91. The Labute approximate surface area is 179 Å². The van der Waals surface area contributed by atoms with Crippen molar-refractivity contribution in [3.05, 3.63) is 60.9 Å². The summed E-state index contributed by atoms with van der Waals surface area (Å²) in [7, 11) is 0. The van der Waals surface area contributed by atoms with Crippen molar-refractivity contribution in [2.45, 2.75) is 13.0 Å². The summed E-state index contributed by atoms with van der Waals surface area (Å²) >= 11 is 0. The fourth-order valence-electron chi connectivity index (χ4n) is 3.52. The van der Waals surface area contributed by atoms with Crippen molar-refractivity contribution in [3.63, 3.8) is 0 Å². The highest BCUT2D eigenvalue weighted by molar-refractivity contribution is 5.75. The summed E-state index contributed by atoms with van der Waals surface area (Å²) in [5, 5.41) is 11.1. The lowest BCUT2D eigenvalue weighted by atomic mass is 10.1. The standard InChI is InChI=1S/C22H23N7O2/c1-15-8-19(20(12-25-15)31-13-18-11-23-5-7-30-18)16-3-6-29-17(9-16)10-22(28-29)27-21-2-4-24-14-26-21/h2-4,6,8-10,12,14,18,23H,5,7,11,13H2,1H3,(H,24,26,27,28)/t18-/m0/s1. The number of hydrogen-bond donors (Lipinski definition) is 2. The average Bonchev–Trinajstić information content (AvgIpc) is 3.21. The van der Waals surface area contributed by atoms with Gasteiger partial charge in [0.1, 0.15) is 30.6 Å². The number of rotatable bonds is 6. The lowest BCUT2D eigenvalue weighted by molar-refractivity contribution is 0.000245. The van der Waals surface area contributed by atoms with Crippen LogP contribution in [0.2, 0.25) is 0 Å². The molecule has 158 valence electrons. The molecule has 0 spiro atoms. The molecule has 0 saturated carbocycles. The number of hydrogen-bond acceptors (Lipinski definition) is 8. The average molecular weight is 417 g/mol. The Balaban J connectivity index is 1.41. The lowest BCUT2D eigenvalue weighted by Gasteiger charge is -2.24. The van der Waals surface area contributed by atoms with Gasteiger partial charge in [-0.2, -0.15) is 5.10 Å². The molecule has 0 radical (unpaired) electrons. The van der Waals surface area contributed by atoms with Gasteiger partial charge in [-0.25, -0.2) is 14.5 Å². The van der Waals surface area contributed by atoms with Gasteiger partial charge in [-0.15, -0.1) is 0 Å². The number of fused-ring (bicyclic) bond motifs is 1. The van der Waals surface area contributed by atoms with E-state index in [1.54, 1.807) is 18.5 Å². The third-order valence-electron chi connectivity index (χ3n) is 5.05. The number of nitrogens with one attached hydrogen (secondary N) is 2. The van der Waals surface area contributed by atoms with Crippen LogP contribution < -0.4 is 15.4 Å². The largest absolute Gasteiger partial charge is 0.489 e. The van der Waals surface area contributed by atoms with Crippen LogP contribution in [0.25, 0.3) is 16.6 Å². The normalized spacial score (nSPS) is 16.4. The maximum atomic E-state index is 6.11. The first-order valence-electron chi connectivity index (χ1n) is 10.2. The maximum Gasteiger partial charge on any atom is 0.154 e. The topological polar surface area (TPSA) is 98.5 Å². The number of aryl methyl sites for hydroxylation is 1. The summed E-state index contributed by atoms with van der Waals surface area (Å²) in [4.78, 5) is 12.5. The van der Waals surface area contributed by atoms with Crippen molar-refractivity contribution in [1.29, 1.82) is 0 Å². The van der Waals surface area contributed by atoms with Crippen molar-refractivity contribution in [1.82, 2.24) is 29.9 Å². The van der Waals surface area contributed by atoms with Gasteiger partial charge in [0.25, 0.3) is 0 Å². The van der Waals surface area contributed by atoms with Crippen LogP contribution in [-0.4, -0.2) is 57.0 Å². The van der Waals surface area contributed by atoms with E-state index in [1.807, 2.05) is 35.8 Å². The quantitative estimate of drug-likeness (QED) is 0.494. The van der Waals surface area contributed by atoms with E-state index in [9.17, 15) is 0 Å². The van der Waals surface area contributed by atoms with Gasteiger partial charge in [0.15, 0.2) is 5.82 Å². The Bertz CT molecular complexity index is 1170. The molecule has 1 fully saturated rings. The minimum Gasteiger partial charge on any atom is -0.489 e. The summed E-state index contributed by atoms with van der Waals surface area (Å²) in [5.74, 6) is 2.14. The molecule has 5 heterocycles. The fraction of sp³-hybridized carbons (Fsp3) is 0.273. The first-order chi connectivity index (χ1) is 15.2. The number of aromatic nitrogens is 5. The third-order valence-corrected chi connectivity index (χ3v) is 5.05. The SMILES string of the molecule is Cc1cc(-c2ccn3nc(Nc4ccncn4)cc3c2)c(OC[C@@H]2CNCCO2)cn1. The maximum absolute atomic E-state index is 6.11. The molecule has 1 saturated heterocycles. The molecule has 4 aromatic rings. The molecule has 31 heavy (non-hydrogen) atoms. The number of morpholine rings is 1. The monoisotopic (exact) mass is 417 g/mol. The van der Waals surface area contributed by atoms with Crippen LogP contribution in [0.15, 0.2) is 55.2 Å². The molecule has 1 aliphatic rings. The highest BCUT2D eigenvalue weighted by Gasteiger charge is 2.16. The molecule has 1 aliphatic heterocycles. The van der Waals surface area contributed by atoms with Gasteiger partial charge in [-0.1, -0.05) is 0 Å². The van der Waals surface area contributed by atoms with Gasteiger partial charge in [0.05, 0.1) is 18.3 Å². The first-order valence-corrected chi connectivity index (χ1v) is 10.2. The van der Waals surface area contributed by atoms with E-state index in [0.717, 1.165) is 41.2 Å². The molecule has 5 rings (SSSR count). The number of nitrogens with zero attached hydrogens (tertiary/aromatic N) is 5. The molecular weight excluding hydrogens is 394 g/mol. The Hall–Kier alpha value is -3.56. The molecule has 9 nitrogen and oxygen atoms in total. The smallest absolute Gasteiger partial charge is 0.154 e. The van der Waals surface area contributed by atoms with E-state index < -0.39 is 0 Å². The van der Waals surface area contributed by atoms with Crippen LogP contribution in [0.3, 0.4) is 0 Å². The second kappa shape index (κ2) is 8.66. The molecule has 0 bridgehead atoms. The number of ether oxygens (including phenoxy) is 2. The van der Waals surface area contributed by atoms with Crippen LogP contribution in [-0.2, 0) is 4.74 Å². The summed E-state index contributed by atoms with van der Waals surface area (Å²) < 4.78 is 13.7. The van der Waals surface area contributed by atoms with E-state index in [2.05, 4.69) is 36.8 Å².